The normalized spacial score (nSPS) is 19.7. The van der Waals surface area contributed by atoms with Gasteiger partial charge in [0.1, 0.15) is 11.9 Å². The summed E-state index contributed by atoms with van der Waals surface area (Å²) < 4.78 is 0. The second-order valence-electron chi connectivity index (χ2n) is 9.48. The van der Waals surface area contributed by atoms with E-state index in [9.17, 15) is 19.8 Å². The van der Waals surface area contributed by atoms with E-state index in [1.165, 1.54) is 16.8 Å². The van der Waals surface area contributed by atoms with Crippen molar-refractivity contribution in [3.8, 4) is 0 Å². The van der Waals surface area contributed by atoms with Crippen LogP contribution in [0.2, 0.25) is 5.02 Å². The molecule has 194 valence electrons. The summed E-state index contributed by atoms with van der Waals surface area (Å²) >= 11 is 6.24. The van der Waals surface area contributed by atoms with E-state index < -0.39 is 18.0 Å². The third kappa shape index (κ3) is 5.96. The number of rotatable bonds is 11. The molecule has 1 atom stereocenters. The number of carbonyl (C=O) groups is 2. The zero-order valence-electron chi connectivity index (χ0n) is 20.5. The lowest BCUT2D eigenvalue weighted by Gasteiger charge is -2.43. The topological polar surface area (TPSA) is 125 Å². The maximum absolute atomic E-state index is 13.1. The molecule has 3 N–H and O–H groups in total. The Bertz CT molecular complexity index is 1090. The quantitative estimate of drug-likeness (QED) is 0.383. The van der Waals surface area contributed by atoms with E-state index in [2.05, 4.69) is 22.4 Å². The molecule has 0 bridgehead atoms. The summed E-state index contributed by atoms with van der Waals surface area (Å²) in [5, 5.41) is 24.0. The Morgan fingerprint density at radius 2 is 2.11 bits per heavy atom. The van der Waals surface area contributed by atoms with Gasteiger partial charge in [0.15, 0.2) is 0 Å². The van der Waals surface area contributed by atoms with Gasteiger partial charge in [-0.15, -0.1) is 5.06 Å². The van der Waals surface area contributed by atoms with Crippen molar-refractivity contribution in [1.29, 1.82) is 0 Å². The van der Waals surface area contributed by atoms with Crippen LogP contribution in [0.3, 0.4) is 0 Å². The molecule has 2 aromatic heterocycles. The predicted molar refractivity (Wildman–Crippen MR) is 135 cm³/mol. The second kappa shape index (κ2) is 12.0. The number of carboxylic acids is 1. The Labute approximate surface area is 215 Å². The van der Waals surface area contributed by atoms with Crippen LogP contribution < -0.4 is 5.32 Å². The van der Waals surface area contributed by atoms with E-state index in [1.807, 2.05) is 6.92 Å². The fourth-order valence-electron chi connectivity index (χ4n) is 4.99. The molecule has 0 unspecified atom stereocenters. The first-order valence-electron chi connectivity index (χ1n) is 12.6. The van der Waals surface area contributed by atoms with E-state index in [1.54, 1.807) is 6.20 Å². The van der Waals surface area contributed by atoms with Crippen molar-refractivity contribution in [3.63, 3.8) is 0 Å². The number of carbonyl (C=O) groups excluding carboxylic acids is 1. The number of aliphatic carboxylic acids is 1. The first kappa shape index (κ1) is 26.3. The number of hydrogen-bond acceptors (Lipinski definition) is 8. The van der Waals surface area contributed by atoms with Crippen molar-refractivity contribution in [1.82, 2.24) is 15.0 Å². The highest BCUT2D eigenvalue weighted by Crippen LogP contribution is 2.37. The molecule has 9 nitrogen and oxygen atoms in total. The minimum atomic E-state index is -1.15. The Balaban J connectivity index is 1.41. The molecule has 0 aromatic carbocycles. The summed E-state index contributed by atoms with van der Waals surface area (Å²) in [4.78, 5) is 39.6. The summed E-state index contributed by atoms with van der Waals surface area (Å²) in [6, 6.07) is 2.83. The van der Waals surface area contributed by atoms with Crippen molar-refractivity contribution in [3.05, 3.63) is 51.9 Å². The van der Waals surface area contributed by atoms with Crippen LogP contribution in [0.25, 0.3) is 0 Å². The average molecular weight is 517 g/mol. The van der Waals surface area contributed by atoms with Gasteiger partial charge in [0.25, 0.3) is 0 Å². The highest BCUT2D eigenvalue weighted by Gasteiger charge is 2.42. The van der Waals surface area contributed by atoms with Crippen molar-refractivity contribution in [2.45, 2.75) is 70.4 Å². The van der Waals surface area contributed by atoms with Gasteiger partial charge in [-0.05, 0) is 74.5 Å². The van der Waals surface area contributed by atoms with E-state index in [4.69, 9.17) is 21.4 Å². The van der Waals surface area contributed by atoms with Gasteiger partial charge in [0.05, 0.1) is 10.6 Å². The number of pyridine rings is 2. The molecule has 1 aliphatic carbocycles. The number of halogens is 1. The molecule has 4 rings (SSSR count). The molecular weight excluding hydrogens is 484 g/mol. The number of aryl methyl sites for hydroxylation is 3. The standard InChI is InChI=1S/C26H33ClN4O5/c1-2-17-14-28-15-21(27)23(17)26(35)36-31(22(9-11-32)25(33)34)20-12-16(13-20)5-7-19-8-6-18-4-3-10-29-24(18)30-19/h6,8,14-16,20,22,32H,2-5,7,9-13H2,1H3,(H,29,30)(H,33,34)/t16?,20?,22-/m0/s1. The van der Waals surface area contributed by atoms with E-state index in [0.29, 0.717) is 30.7 Å². The third-order valence-electron chi connectivity index (χ3n) is 7.08. The molecule has 2 aliphatic rings. The summed E-state index contributed by atoms with van der Waals surface area (Å²) in [5.74, 6) is -0.514. The fraction of sp³-hybridized carbons (Fsp3) is 0.538. The zero-order valence-corrected chi connectivity index (χ0v) is 21.2. The van der Waals surface area contributed by atoms with Crippen LogP contribution in [0, 0.1) is 5.92 Å². The molecule has 0 radical (unpaired) electrons. The lowest BCUT2D eigenvalue weighted by Crippen LogP contribution is -2.53. The number of carboxylic acid groups (broad SMARTS) is 1. The van der Waals surface area contributed by atoms with Crippen molar-refractivity contribution < 1.29 is 24.6 Å². The molecule has 1 saturated carbocycles. The lowest BCUT2D eigenvalue weighted by atomic mass is 9.76. The smallest absolute Gasteiger partial charge is 0.358 e. The molecule has 0 amide bonds. The molecular formula is C26H33ClN4O5. The number of hydroxylamine groups is 2. The summed E-state index contributed by atoms with van der Waals surface area (Å²) in [5.41, 5.74) is 3.11. The Morgan fingerprint density at radius 3 is 2.83 bits per heavy atom. The van der Waals surface area contributed by atoms with Crippen LogP contribution in [0.1, 0.15) is 66.2 Å². The van der Waals surface area contributed by atoms with Crippen LogP contribution in [-0.4, -0.2) is 62.4 Å². The average Bonchev–Trinajstić information content (AvgIpc) is 2.85. The summed E-state index contributed by atoms with van der Waals surface area (Å²) in [6.07, 6.45) is 8.70. The van der Waals surface area contributed by atoms with Crippen LogP contribution in [0.5, 0.6) is 0 Å². The Kier molecular flexibility index (Phi) is 8.77. The number of aromatic nitrogens is 2. The number of aliphatic hydroxyl groups excluding tert-OH is 1. The maximum atomic E-state index is 13.1. The van der Waals surface area contributed by atoms with Crippen molar-refractivity contribution in [2.24, 2.45) is 5.92 Å². The van der Waals surface area contributed by atoms with Crippen LogP contribution in [0.15, 0.2) is 24.5 Å². The van der Waals surface area contributed by atoms with Crippen LogP contribution in [-0.2, 0) is 28.9 Å². The van der Waals surface area contributed by atoms with Gasteiger partial charge in [-0.1, -0.05) is 24.6 Å². The van der Waals surface area contributed by atoms with Gasteiger partial charge in [0, 0.05) is 37.3 Å². The van der Waals surface area contributed by atoms with Gasteiger partial charge >= 0.3 is 11.9 Å². The van der Waals surface area contributed by atoms with Gasteiger partial charge in [-0.25, -0.2) is 9.78 Å². The van der Waals surface area contributed by atoms with Gasteiger partial charge < -0.3 is 20.4 Å². The van der Waals surface area contributed by atoms with Gasteiger partial charge in [-0.2, -0.15) is 0 Å². The molecule has 36 heavy (non-hydrogen) atoms. The van der Waals surface area contributed by atoms with E-state index >= 15 is 0 Å². The minimum Gasteiger partial charge on any atom is -0.480 e. The second-order valence-corrected chi connectivity index (χ2v) is 9.89. The first-order valence-corrected chi connectivity index (χ1v) is 13.0. The molecule has 1 fully saturated rings. The molecule has 10 heteroatoms. The monoisotopic (exact) mass is 516 g/mol. The van der Waals surface area contributed by atoms with Crippen LogP contribution in [0.4, 0.5) is 5.82 Å². The van der Waals surface area contributed by atoms with Crippen molar-refractivity contribution in [2.75, 3.05) is 18.5 Å². The molecule has 0 spiro atoms. The number of nitrogens with zero attached hydrogens (tertiary/aromatic N) is 3. The number of aliphatic hydroxyl groups is 1. The highest BCUT2D eigenvalue weighted by atomic mass is 35.5. The fourth-order valence-corrected chi connectivity index (χ4v) is 5.25. The molecule has 0 saturated heterocycles. The van der Waals surface area contributed by atoms with Crippen LogP contribution >= 0.6 is 11.6 Å². The Morgan fingerprint density at radius 1 is 1.31 bits per heavy atom. The van der Waals surface area contributed by atoms with E-state index in [-0.39, 0.29) is 29.7 Å². The number of anilines is 1. The molecule has 3 heterocycles. The lowest BCUT2D eigenvalue weighted by molar-refractivity contribution is -0.204. The first-order chi connectivity index (χ1) is 17.4. The number of fused-ring (bicyclic) bond motifs is 1. The molecule has 1 aliphatic heterocycles. The summed E-state index contributed by atoms with van der Waals surface area (Å²) in [6.45, 7) is 2.48. The minimum absolute atomic E-state index is 0.0550. The van der Waals surface area contributed by atoms with Gasteiger partial charge in [-0.3, -0.25) is 9.78 Å². The number of nitrogens with one attached hydrogen (secondary N) is 1. The molecule has 2 aromatic rings. The maximum Gasteiger partial charge on any atom is 0.358 e. The van der Waals surface area contributed by atoms with Crippen molar-refractivity contribution >= 4 is 29.4 Å². The van der Waals surface area contributed by atoms with E-state index in [0.717, 1.165) is 43.7 Å². The predicted octanol–water partition coefficient (Wildman–Crippen LogP) is 3.67. The zero-order chi connectivity index (χ0) is 25.7. The Hall–Kier alpha value is -2.75. The summed E-state index contributed by atoms with van der Waals surface area (Å²) in [7, 11) is 0. The highest BCUT2D eigenvalue weighted by molar-refractivity contribution is 6.33. The number of hydrogen-bond donors (Lipinski definition) is 3. The van der Waals surface area contributed by atoms with Gasteiger partial charge in [0.2, 0.25) is 0 Å². The largest absolute Gasteiger partial charge is 0.480 e. The third-order valence-corrected chi connectivity index (χ3v) is 7.36. The SMILES string of the molecule is CCc1cncc(Cl)c1C(=O)ON(C1CC(CCc2ccc3c(n2)NCCC3)C1)[C@@H](CCO)C(=O)O.